The van der Waals surface area contributed by atoms with E-state index in [-0.39, 0.29) is 11.9 Å². The first kappa shape index (κ1) is 16.7. The smallest absolute Gasteiger partial charge is 0.261 e. The molecular formula is C19H20ClNO3. The van der Waals surface area contributed by atoms with E-state index in [1.165, 1.54) is 0 Å². The van der Waals surface area contributed by atoms with E-state index < -0.39 is 0 Å². The number of amides is 1. The van der Waals surface area contributed by atoms with Crippen LogP contribution < -0.4 is 9.47 Å². The van der Waals surface area contributed by atoms with E-state index in [1.807, 2.05) is 35.2 Å². The maximum atomic E-state index is 13.2. The van der Waals surface area contributed by atoms with Crippen LogP contribution >= 0.6 is 11.6 Å². The Balaban J connectivity index is 1.96. The van der Waals surface area contributed by atoms with Crippen molar-refractivity contribution in [1.82, 2.24) is 4.90 Å². The number of likely N-dealkylation sites (tertiary alicyclic amines) is 1. The maximum Gasteiger partial charge on any atom is 0.261 e. The van der Waals surface area contributed by atoms with Crippen molar-refractivity contribution in [3.63, 3.8) is 0 Å². The second-order valence-corrected chi connectivity index (χ2v) is 6.18. The summed E-state index contributed by atoms with van der Waals surface area (Å²) in [6, 6.07) is 13.1. The van der Waals surface area contributed by atoms with Crippen molar-refractivity contribution in [1.29, 1.82) is 0 Å². The van der Waals surface area contributed by atoms with E-state index in [1.54, 1.807) is 26.4 Å². The van der Waals surface area contributed by atoms with Crippen molar-refractivity contribution in [2.24, 2.45) is 0 Å². The van der Waals surface area contributed by atoms with E-state index in [2.05, 4.69) is 0 Å². The number of halogens is 1. The molecule has 0 saturated carbocycles. The minimum absolute atomic E-state index is 0.0457. The molecule has 1 saturated heterocycles. The van der Waals surface area contributed by atoms with Gasteiger partial charge < -0.3 is 14.4 Å². The molecule has 4 nitrogen and oxygen atoms in total. The molecule has 0 aromatic heterocycles. The summed E-state index contributed by atoms with van der Waals surface area (Å²) in [5.74, 6) is 0.990. The highest BCUT2D eigenvalue weighted by molar-refractivity contribution is 6.30. The van der Waals surface area contributed by atoms with Gasteiger partial charge in [-0.05, 0) is 42.7 Å². The van der Waals surface area contributed by atoms with Crippen LogP contribution in [0.1, 0.15) is 34.8 Å². The van der Waals surface area contributed by atoms with Gasteiger partial charge in [0.05, 0.1) is 20.3 Å². The lowest BCUT2D eigenvalue weighted by Gasteiger charge is -2.26. The fourth-order valence-electron chi connectivity index (χ4n) is 3.25. The molecule has 0 spiro atoms. The molecule has 5 heteroatoms. The van der Waals surface area contributed by atoms with Crippen LogP contribution in [-0.2, 0) is 0 Å². The standard InChI is InChI=1S/C19H20ClNO3/c1-23-16-6-3-7-17(24-2)18(16)19(22)21-12-4-5-15(21)13-8-10-14(20)11-9-13/h3,6-11,15H,4-5,12H2,1-2H3. The van der Waals surface area contributed by atoms with E-state index >= 15 is 0 Å². The van der Waals surface area contributed by atoms with Crippen LogP contribution in [0.5, 0.6) is 11.5 Å². The molecule has 3 rings (SSSR count). The summed E-state index contributed by atoms with van der Waals surface area (Å²) in [4.78, 5) is 15.1. The molecule has 1 fully saturated rings. The first-order valence-electron chi connectivity index (χ1n) is 7.93. The van der Waals surface area contributed by atoms with Crippen LogP contribution in [0.15, 0.2) is 42.5 Å². The van der Waals surface area contributed by atoms with Gasteiger partial charge in [0, 0.05) is 11.6 Å². The van der Waals surface area contributed by atoms with Crippen molar-refractivity contribution < 1.29 is 14.3 Å². The lowest BCUT2D eigenvalue weighted by atomic mass is 10.0. The minimum Gasteiger partial charge on any atom is -0.496 e. The lowest BCUT2D eigenvalue weighted by Crippen LogP contribution is -2.31. The van der Waals surface area contributed by atoms with Crippen molar-refractivity contribution in [2.75, 3.05) is 20.8 Å². The van der Waals surface area contributed by atoms with Crippen molar-refractivity contribution >= 4 is 17.5 Å². The van der Waals surface area contributed by atoms with Gasteiger partial charge in [0.15, 0.2) is 0 Å². The molecule has 2 aromatic carbocycles. The SMILES string of the molecule is COc1cccc(OC)c1C(=O)N1CCCC1c1ccc(Cl)cc1. The predicted octanol–water partition coefficient (Wildman–Crippen LogP) is 4.33. The van der Waals surface area contributed by atoms with E-state index in [0.29, 0.717) is 28.6 Å². The van der Waals surface area contributed by atoms with E-state index in [9.17, 15) is 4.79 Å². The normalized spacial score (nSPS) is 17.0. The highest BCUT2D eigenvalue weighted by Crippen LogP contribution is 2.37. The summed E-state index contributed by atoms with van der Waals surface area (Å²) >= 11 is 5.98. The molecule has 24 heavy (non-hydrogen) atoms. The van der Waals surface area contributed by atoms with E-state index in [0.717, 1.165) is 18.4 Å². The van der Waals surface area contributed by atoms with Gasteiger partial charge in [0.2, 0.25) is 0 Å². The molecule has 1 unspecified atom stereocenters. The number of ether oxygens (including phenoxy) is 2. The Kier molecular flexibility index (Phi) is 4.95. The van der Waals surface area contributed by atoms with Crippen LogP contribution in [0.4, 0.5) is 0 Å². The second kappa shape index (κ2) is 7.14. The van der Waals surface area contributed by atoms with Gasteiger partial charge in [-0.2, -0.15) is 0 Å². The van der Waals surface area contributed by atoms with E-state index in [4.69, 9.17) is 21.1 Å². The number of methoxy groups -OCH3 is 2. The summed E-state index contributed by atoms with van der Waals surface area (Å²) in [6.07, 6.45) is 1.90. The lowest BCUT2D eigenvalue weighted by molar-refractivity contribution is 0.0728. The van der Waals surface area contributed by atoms with Crippen LogP contribution in [-0.4, -0.2) is 31.6 Å². The maximum absolute atomic E-state index is 13.2. The predicted molar refractivity (Wildman–Crippen MR) is 94.0 cm³/mol. The Bertz CT molecular complexity index is 708. The fraction of sp³-hybridized carbons (Fsp3) is 0.316. The number of carbonyl (C=O) groups excluding carboxylic acids is 1. The molecular weight excluding hydrogens is 326 g/mol. The van der Waals surface area contributed by atoms with Gasteiger partial charge in [-0.3, -0.25) is 4.79 Å². The quantitative estimate of drug-likeness (QED) is 0.827. The van der Waals surface area contributed by atoms with Crippen LogP contribution in [0.3, 0.4) is 0 Å². The molecule has 1 atom stereocenters. The number of hydrogen-bond acceptors (Lipinski definition) is 3. The van der Waals surface area contributed by atoms with Gasteiger partial charge in [0.1, 0.15) is 17.1 Å². The summed E-state index contributed by atoms with van der Waals surface area (Å²) in [5.41, 5.74) is 1.57. The topological polar surface area (TPSA) is 38.8 Å². The van der Waals surface area contributed by atoms with Crippen LogP contribution in [0.2, 0.25) is 5.02 Å². The summed E-state index contributed by atoms with van der Waals surface area (Å²) in [6.45, 7) is 0.716. The zero-order valence-corrected chi connectivity index (χ0v) is 14.5. The second-order valence-electron chi connectivity index (χ2n) is 5.75. The molecule has 0 radical (unpaired) electrons. The number of rotatable bonds is 4. The Morgan fingerprint density at radius 3 is 2.29 bits per heavy atom. The van der Waals surface area contributed by atoms with Gasteiger partial charge in [-0.15, -0.1) is 0 Å². The molecule has 1 aliphatic rings. The third kappa shape index (κ3) is 3.06. The third-order valence-electron chi connectivity index (χ3n) is 4.41. The first-order chi connectivity index (χ1) is 11.7. The van der Waals surface area contributed by atoms with Crippen molar-refractivity contribution in [3.05, 3.63) is 58.6 Å². The molecule has 2 aromatic rings. The Morgan fingerprint density at radius 1 is 1.08 bits per heavy atom. The highest BCUT2D eigenvalue weighted by Gasteiger charge is 2.33. The zero-order valence-electron chi connectivity index (χ0n) is 13.8. The highest BCUT2D eigenvalue weighted by atomic mass is 35.5. The summed E-state index contributed by atoms with van der Waals surface area (Å²) < 4.78 is 10.8. The molecule has 126 valence electrons. The molecule has 0 N–H and O–H groups in total. The number of nitrogens with zero attached hydrogens (tertiary/aromatic N) is 1. The number of hydrogen-bond donors (Lipinski definition) is 0. The third-order valence-corrected chi connectivity index (χ3v) is 4.66. The molecule has 0 bridgehead atoms. The molecule has 1 amide bonds. The van der Waals surface area contributed by atoms with Gasteiger partial charge in [0.25, 0.3) is 5.91 Å². The minimum atomic E-state index is -0.0678. The van der Waals surface area contributed by atoms with Gasteiger partial charge in [-0.25, -0.2) is 0 Å². The van der Waals surface area contributed by atoms with Crippen LogP contribution in [0.25, 0.3) is 0 Å². The average Bonchev–Trinajstić information content (AvgIpc) is 3.10. The van der Waals surface area contributed by atoms with Crippen LogP contribution in [0, 0.1) is 0 Å². The monoisotopic (exact) mass is 345 g/mol. The summed E-state index contributed by atoms with van der Waals surface area (Å²) in [5, 5.41) is 0.695. The van der Waals surface area contributed by atoms with Crippen molar-refractivity contribution in [2.45, 2.75) is 18.9 Å². The largest absolute Gasteiger partial charge is 0.496 e. The number of carbonyl (C=O) groups is 1. The fourth-order valence-corrected chi connectivity index (χ4v) is 3.37. The average molecular weight is 346 g/mol. The Hall–Kier alpha value is -2.20. The molecule has 1 aliphatic heterocycles. The van der Waals surface area contributed by atoms with Crippen molar-refractivity contribution in [3.8, 4) is 11.5 Å². The number of benzene rings is 2. The first-order valence-corrected chi connectivity index (χ1v) is 8.31. The summed E-state index contributed by atoms with van der Waals surface area (Å²) in [7, 11) is 3.12. The van der Waals surface area contributed by atoms with Gasteiger partial charge in [-0.1, -0.05) is 29.8 Å². The Morgan fingerprint density at radius 2 is 1.71 bits per heavy atom. The zero-order chi connectivity index (χ0) is 17.1. The van der Waals surface area contributed by atoms with Gasteiger partial charge >= 0.3 is 0 Å². The molecule has 1 heterocycles. The molecule has 0 aliphatic carbocycles. The Labute approximate surface area is 146 Å².